The van der Waals surface area contributed by atoms with Crippen LogP contribution < -0.4 is 0 Å². The Bertz CT molecular complexity index is 130. The minimum atomic E-state index is 0.962. The first-order chi connectivity index (χ1) is 5.86. The van der Waals surface area contributed by atoms with E-state index in [0.29, 0.717) is 0 Å². The summed E-state index contributed by atoms with van der Waals surface area (Å²) in [6, 6.07) is 0.962. The van der Waals surface area contributed by atoms with E-state index in [-0.39, 0.29) is 0 Å². The van der Waals surface area contributed by atoms with E-state index >= 15 is 0 Å². The van der Waals surface area contributed by atoms with Crippen LogP contribution in [0, 0.1) is 5.92 Å². The third-order valence-electron chi connectivity index (χ3n) is 3.64. The summed E-state index contributed by atoms with van der Waals surface area (Å²) in [7, 11) is 0. The van der Waals surface area contributed by atoms with Gasteiger partial charge in [0, 0.05) is 6.04 Å². The fraction of sp³-hybridized carbons (Fsp3) is 1.00. The highest BCUT2D eigenvalue weighted by atomic mass is 15.2. The SMILES string of the molecule is CC1CCC(N2CCCC2)CC1. The molecular weight excluding hydrogens is 146 g/mol. The predicted molar refractivity (Wildman–Crippen MR) is 52.2 cm³/mol. The summed E-state index contributed by atoms with van der Waals surface area (Å²) in [5, 5.41) is 0. The van der Waals surface area contributed by atoms with Gasteiger partial charge in [0.2, 0.25) is 0 Å². The van der Waals surface area contributed by atoms with Crippen LogP contribution in [-0.4, -0.2) is 24.0 Å². The Morgan fingerprint density at radius 3 is 2.08 bits per heavy atom. The molecule has 0 radical (unpaired) electrons. The van der Waals surface area contributed by atoms with Gasteiger partial charge in [-0.2, -0.15) is 0 Å². The first kappa shape index (κ1) is 8.55. The summed E-state index contributed by atoms with van der Waals surface area (Å²) in [5.74, 6) is 1.00. The highest BCUT2D eigenvalue weighted by Gasteiger charge is 2.25. The summed E-state index contributed by atoms with van der Waals surface area (Å²) in [6.07, 6.45) is 8.79. The van der Waals surface area contributed by atoms with Crippen LogP contribution in [0.25, 0.3) is 0 Å². The van der Waals surface area contributed by atoms with Crippen molar-refractivity contribution in [2.75, 3.05) is 13.1 Å². The number of likely N-dealkylation sites (tertiary alicyclic amines) is 1. The standard InChI is InChI=1S/C11H21N/c1-10-4-6-11(7-5-10)12-8-2-3-9-12/h10-11H,2-9H2,1H3. The minimum Gasteiger partial charge on any atom is -0.300 e. The van der Waals surface area contributed by atoms with Gasteiger partial charge in [-0.15, -0.1) is 0 Å². The van der Waals surface area contributed by atoms with Crippen molar-refractivity contribution in [3.8, 4) is 0 Å². The quantitative estimate of drug-likeness (QED) is 0.580. The van der Waals surface area contributed by atoms with Crippen molar-refractivity contribution in [1.82, 2.24) is 4.90 Å². The van der Waals surface area contributed by atoms with Crippen LogP contribution in [0.3, 0.4) is 0 Å². The molecule has 1 nitrogen and oxygen atoms in total. The maximum absolute atomic E-state index is 2.73. The van der Waals surface area contributed by atoms with E-state index in [9.17, 15) is 0 Å². The Labute approximate surface area is 76.1 Å². The van der Waals surface area contributed by atoms with Gasteiger partial charge in [-0.3, -0.25) is 0 Å². The summed E-state index contributed by atoms with van der Waals surface area (Å²) in [4.78, 5) is 2.73. The molecule has 2 fully saturated rings. The smallest absolute Gasteiger partial charge is 0.00954 e. The zero-order chi connectivity index (χ0) is 8.39. The van der Waals surface area contributed by atoms with Gasteiger partial charge in [0.25, 0.3) is 0 Å². The van der Waals surface area contributed by atoms with Gasteiger partial charge >= 0.3 is 0 Å². The Hall–Kier alpha value is -0.0400. The van der Waals surface area contributed by atoms with Crippen LogP contribution >= 0.6 is 0 Å². The molecule has 1 heterocycles. The lowest BCUT2D eigenvalue weighted by Gasteiger charge is -2.33. The lowest BCUT2D eigenvalue weighted by molar-refractivity contribution is 0.169. The largest absolute Gasteiger partial charge is 0.300 e. The second kappa shape index (κ2) is 3.78. The molecule has 1 aliphatic heterocycles. The highest BCUT2D eigenvalue weighted by Crippen LogP contribution is 2.28. The van der Waals surface area contributed by atoms with Crippen molar-refractivity contribution in [3.05, 3.63) is 0 Å². The summed E-state index contributed by atoms with van der Waals surface area (Å²) < 4.78 is 0. The summed E-state index contributed by atoms with van der Waals surface area (Å²) in [5.41, 5.74) is 0. The van der Waals surface area contributed by atoms with Gasteiger partial charge in [0.05, 0.1) is 0 Å². The van der Waals surface area contributed by atoms with Gasteiger partial charge in [-0.25, -0.2) is 0 Å². The maximum atomic E-state index is 2.73. The van der Waals surface area contributed by atoms with Crippen molar-refractivity contribution >= 4 is 0 Å². The van der Waals surface area contributed by atoms with Gasteiger partial charge in [0.15, 0.2) is 0 Å². The van der Waals surface area contributed by atoms with Crippen LogP contribution in [0.1, 0.15) is 45.4 Å². The second-order valence-electron chi connectivity index (χ2n) is 4.66. The molecule has 0 unspecified atom stereocenters. The van der Waals surface area contributed by atoms with Crippen LogP contribution in [0.2, 0.25) is 0 Å². The molecule has 0 atom stereocenters. The van der Waals surface area contributed by atoms with E-state index in [1.54, 1.807) is 0 Å². The third-order valence-corrected chi connectivity index (χ3v) is 3.64. The molecule has 0 aromatic rings. The minimum absolute atomic E-state index is 0.962. The third kappa shape index (κ3) is 1.82. The average molecular weight is 167 g/mol. The summed E-state index contributed by atoms with van der Waals surface area (Å²) in [6.45, 7) is 5.18. The van der Waals surface area contributed by atoms with E-state index < -0.39 is 0 Å². The molecule has 0 aromatic carbocycles. The molecule has 0 bridgehead atoms. The Morgan fingerprint density at radius 1 is 0.917 bits per heavy atom. The van der Waals surface area contributed by atoms with E-state index in [1.165, 1.54) is 51.6 Å². The number of nitrogens with zero attached hydrogens (tertiary/aromatic N) is 1. The monoisotopic (exact) mass is 167 g/mol. The lowest BCUT2D eigenvalue weighted by atomic mass is 9.87. The molecule has 1 saturated carbocycles. The maximum Gasteiger partial charge on any atom is 0.00954 e. The molecule has 1 aliphatic carbocycles. The van der Waals surface area contributed by atoms with Gasteiger partial charge in [-0.1, -0.05) is 6.92 Å². The van der Waals surface area contributed by atoms with Gasteiger partial charge in [-0.05, 0) is 57.5 Å². The molecular formula is C11H21N. The predicted octanol–water partition coefficient (Wildman–Crippen LogP) is 2.66. The topological polar surface area (TPSA) is 3.24 Å². The van der Waals surface area contributed by atoms with Crippen molar-refractivity contribution in [2.24, 2.45) is 5.92 Å². The number of hydrogen-bond acceptors (Lipinski definition) is 1. The molecule has 70 valence electrons. The molecule has 0 spiro atoms. The molecule has 2 rings (SSSR count). The van der Waals surface area contributed by atoms with Crippen LogP contribution in [-0.2, 0) is 0 Å². The first-order valence-corrected chi connectivity index (χ1v) is 5.60. The van der Waals surface area contributed by atoms with Crippen LogP contribution in [0.4, 0.5) is 0 Å². The first-order valence-electron chi connectivity index (χ1n) is 5.60. The highest BCUT2D eigenvalue weighted by molar-refractivity contribution is 4.80. The zero-order valence-electron chi connectivity index (χ0n) is 8.26. The second-order valence-corrected chi connectivity index (χ2v) is 4.66. The molecule has 1 heteroatoms. The summed E-state index contributed by atoms with van der Waals surface area (Å²) >= 11 is 0. The molecule has 2 aliphatic rings. The number of rotatable bonds is 1. The average Bonchev–Trinajstić information content (AvgIpc) is 2.58. The Morgan fingerprint density at radius 2 is 1.50 bits per heavy atom. The van der Waals surface area contributed by atoms with Crippen molar-refractivity contribution < 1.29 is 0 Å². The van der Waals surface area contributed by atoms with E-state index in [2.05, 4.69) is 11.8 Å². The molecule has 0 N–H and O–H groups in total. The van der Waals surface area contributed by atoms with Gasteiger partial charge in [0.1, 0.15) is 0 Å². The normalized spacial score (nSPS) is 38.8. The molecule has 12 heavy (non-hydrogen) atoms. The van der Waals surface area contributed by atoms with Crippen LogP contribution in [0.5, 0.6) is 0 Å². The fourth-order valence-corrected chi connectivity index (χ4v) is 2.71. The lowest BCUT2D eigenvalue weighted by Crippen LogP contribution is -2.35. The fourth-order valence-electron chi connectivity index (χ4n) is 2.71. The van der Waals surface area contributed by atoms with E-state index in [4.69, 9.17) is 0 Å². The van der Waals surface area contributed by atoms with Crippen molar-refractivity contribution in [1.29, 1.82) is 0 Å². The Kier molecular flexibility index (Phi) is 2.69. The number of hydrogen-bond donors (Lipinski definition) is 0. The van der Waals surface area contributed by atoms with E-state index in [1.807, 2.05) is 0 Å². The van der Waals surface area contributed by atoms with Crippen molar-refractivity contribution in [2.45, 2.75) is 51.5 Å². The Balaban J connectivity index is 1.80. The molecule has 1 saturated heterocycles. The molecule has 0 aromatic heterocycles. The van der Waals surface area contributed by atoms with E-state index in [0.717, 1.165) is 12.0 Å². The molecule has 0 amide bonds. The van der Waals surface area contributed by atoms with Gasteiger partial charge < -0.3 is 4.90 Å². The zero-order valence-corrected chi connectivity index (χ0v) is 8.26. The van der Waals surface area contributed by atoms with Crippen molar-refractivity contribution in [3.63, 3.8) is 0 Å². The van der Waals surface area contributed by atoms with Crippen LogP contribution in [0.15, 0.2) is 0 Å².